The molecule has 19 heavy (non-hydrogen) atoms. The van der Waals surface area contributed by atoms with Gasteiger partial charge in [-0.05, 0) is 23.6 Å². The Morgan fingerprint density at radius 1 is 1.26 bits per heavy atom. The molecule has 0 bridgehead atoms. The van der Waals surface area contributed by atoms with E-state index in [1.54, 1.807) is 18.3 Å². The van der Waals surface area contributed by atoms with Crippen LogP contribution in [-0.4, -0.2) is 23.8 Å². The normalized spacial score (nSPS) is 11.7. The Bertz CT molecular complexity index is 608. The van der Waals surface area contributed by atoms with Crippen LogP contribution in [0.4, 0.5) is 13.2 Å². The number of nitrogens with one attached hydrogen (secondary N) is 1. The maximum absolute atomic E-state index is 12.0. The molecule has 0 fully saturated rings. The lowest BCUT2D eigenvalue weighted by Crippen LogP contribution is -2.31. The van der Waals surface area contributed by atoms with Crippen LogP contribution >= 0.6 is 0 Å². The molecule has 2 aromatic rings. The molecule has 100 valence electrons. The van der Waals surface area contributed by atoms with E-state index in [2.05, 4.69) is 5.32 Å². The van der Waals surface area contributed by atoms with Gasteiger partial charge in [0.1, 0.15) is 0 Å². The highest BCUT2D eigenvalue weighted by Gasteiger charge is 2.25. The Morgan fingerprint density at radius 2 is 2.05 bits per heavy atom. The number of hydrogen-bond acceptors (Lipinski definition) is 2. The average Bonchev–Trinajstić information content (AvgIpc) is 2.76. The number of nitriles is 1. The number of fused-ring (bicyclic) bond motifs is 1. The molecule has 0 aliphatic carbocycles. The molecule has 0 unspecified atom stereocenters. The van der Waals surface area contributed by atoms with Gasteiger partial charge in [0.2, 0.25) is 0 Å². The van der Waals surface area contributed by atoms with E-state index >= 15 is 0 Å². The first-order valence-electron chi connectivity index (χ1n) is 5.76. The summed E-state index contributed by atoms with van der Waals surface area (Å²) in [6, 6.07) is 9.20. The molecule has 0 saturated heterocycles. The van der Waals surface area contributed by atoms with E-state index < -0.39 is 12.7 Å². The number of alkyl halides is 3. The van der Waals surface area contributed by atoms with Crippen LogP contribution in [0.2, 0.25) is 0 Å². The standard InChI is InChI=1S/C13H12F3N3/c14-13(15,16)9-18-4-6-19-5-3-11-2-1-10(8-17)7-12(11)19/h1-3,5,7,18H,4,6,9H2. The summed E-state index contributed by atoms with van der Waals surface area (Å²) in [7, 11) is 0. The summed E-state index contributed by atoms with van der Waals surface area (Å²) in [5.41, 5.74) is 1.39. The Labute approximate surface area is 108 Å². The van der Waals surface area contributed by atoms with E-state index in [9.17, 15) is 13.2 Å². The number of benzene rings is 1. The smallest absolute Gasteiger partial charge is 0.346 e. The van der Waals surface area contributed by atoms with Crippen molar-refractivity contribution in [1.29, 1.82) is 5.26 Å². The van der Waals surface area contributed by atoms with Gasteiger partial charge in [0.05, 0.1) is 18.2 Å². The molecule has 1 heterocycles. The highest BCUT2D eigenvalue weighted by molar-refractivity contribution is 5.81. The van der Waals surface area contributed by atoms with Crippen LogP contribution in [0.5, 0.6) is 0 Å². The van der Waals surface area contributed by atoms with Crippen molar-refractivity contribution in [2.24, 2.45) is 0 Å². The lowest BCUT2D eigenvalue weighted by atomic mass is 10.2. The summed E-state index contributed by atoms with van der Waals surface area (Å²) in [4.78, 5) is 0. The third-order valence-electron chi connectivity index (χ3n) is 2.76. The van der Waals surface area contributed by atoms with E-state index in [1.807, 2.05) is 22.8 Å². The molecule has 0 saturated carbocycles. The molecular formula is C13H12F3N3. The molecule has 0 spiro atoms. The predicted molar refractivity (Wildman–Crippen MR) is 65.6 cm³/mol. The lowest BCUT2D eigenvalue weighted by Gasteiger charge is -2.09. The number of halogens is 3. The second-order valence-corrected chi connectivity index (χ2v) is 4.19. The first kappa shape index (κ1) is 13.4. The maximum atomic E-state index is 12.0. The summed E-state index contributed by atoms with van der Waals surface area (Å²) in [6.07, 6.45) is -2.38. The average molecular weight is 267 g/mol. The van der Waals surface area contributed by atoms with E-state index in [0.29, 0.717) is 12.1 Å². The van der Waals surface area contributed by atoms with Crippen LogP contribution in [0, 0.1) is 11.3 Å². The first-order chi connectivity index (χ1) is 8.99. The van der Waals surface area contributed by atoms with Crippen molar-refractivity contribution in [3.8, 4) is 6.07 Å². The van der Waals surface area contributed by atoms with E-state index in [1.165, 1.54) is 0 Å². The second kappa shape index (κ2) is 5.33. The van der Waals surface area contributed by atoms with Crippen molar-refractivity contribution in [3.63, 3.8) is 0 Å². The van der Waals surface area contributed by atoms with Crippen LogP contribution < -0.4 is 5.32 Å². The molecule has 1 aromatic heterocycles. The number of nitrogens with zero attached hydrogens (tertiary/aromatic N) is 2. The van der Waals surface area contributed by atoms with Crippen molar-refractivity contribution in [2.45, 2.75) is 12.7 Å². The van der Waals surface area contributed by atoms with Crippen molar-refractivity contribution < 1.29 is 13.2 Å². The Morgan fingerprint density at radius 3 is 2.74 bits per heavy atom. The van der Waals surface area contributed by atoms with Gasteiger partial charge in [-0.2, -0.15) is 18.4 Å². The monoisotopic (exact) mass is 267 g/mol. The van der Waals surface area contributed by atoms with E-state index in [-0.39, 0.29) is 6.54 Å². The first-order valence-corrected chi connectivity index (χ1v) is 5.76. The predicted octanol–water partition coefficient (Wildman–Crippen LogP) is 2.66. The van der Waals surface area contributed by atoms with Gasteiger partial charge in [0.15, 0.2) is 0 Å². The Kier molecular flexibility index (Phi) is 3.76. The molecule has 0 amide bonds. The van der Waals surface area contributed by atoms with Crippen LogP contribution in [0.15, 0.2) is 30.5 Å². The molecule has 1 aromatic carbocycles. The topological polar surface area (TPSA) is 40.8 Å². The molecule has 2 rings (SSSR count). The minimum Gasteiger partial charge on any atom is -0.346 e. The molecule has 0 aliphatic heterocycles. The number of hydrogen-bond donors (Lipinski definition) is 1. The largest absolute Gasteiger partial charge is 0.401 e. The summed E-state index contributed by atoms with van der Waals surface area (Å²) in [5, 5.41) is 12.1. The minimum absolute atomic E-state index is 0.222. The molecule has 1 N–H and O–H groups in total. The maximum Gasteiger partial charge on any atom is 0.401 e. The summed E-state index contributed by atoms with van der Waals surface area (Å²) < 4.78 is 37.7. The zero-order valence-electron chi connectivity index (χ0n) is 10.0. The molecule has 0 radical (unpaired) electrons. The second-order valence-electron chi connectivity index (χ2n) is 4.19. The van der Waals surface area contributed by atoms with E-state index in [4.69, 9.17) is 5.26 Å². The summed E-state index contributed by atoms with van der Waals surface area (Å²) >= 11 is 0. The highest BCUT2D eigenvalue weighted by Crippen LogP contribution is 2.17. The van der Waals surface area contributed by atoms with Gasteiger partial charge in [-0.3, -0.25) is 0 Å². The quantitative estimate of drug-likeness (QED) is 0.865. The van der Waals surface area contributed by atoms with E-state index in [0.717, 1.165) is 10.9 Å². The van der Waals surface area contributed by atoms with Crippen molar-refractivity contribution in [1.82, 2.24) is 9.88 Å². The molecule has 6 heteroatoms. The third-order valence-corrected chi connectivity index (χ3v) is 2.76. The van der Waals surface area contributed by atoms with Crippen molar-refractivity contribution in [3.05, 3.63) is 36.0 Å². The molecular weight excluding hydrogens is 255 g/mol. The summed E-state index contributed by atoms with van der Waals surface area (Å²) in [6.45, 7) is -0.343. The van der Waals surface area contributed by atoms with Crippen LogP contribution in [0.1, 0.15) is 5.56 Å². The molecule has 0 aliphatic rings. The van der Waals surface area contributed by atoms with Gasteiger partial charge in [0.25, 0.3) is 0 Å². The highest BCUT2D eigenvalue weighted by atomic mass is 19.4. The lowest BCUT2D eigenvalue weighted by molar-refractivity contribution is -0.124. The van der Waals surface area contributed by atoms with Crippen LogP contribution in [0.25, 0.3) is 10.9 Å². The fourth-order valence-corrected chi connectivity index (χ4v) is 1.88. The SMILES string of the molecule is N#Cc1ccc2ccn(CCNCC(F)(F)F)c2c1. The third kappa shape index (κ3) is 3.48. The zero-order valence-corrected chi connectivity index (χ0v) is 10.0. The fraction of sp³-hybridized carbons (Fsp3) is 0.308. The fourth-order valence-electron chi connectivity index (χ4n) is 1.88. The Balaban J connectivity index is 2.03. The van der Waals surface area contributed by atoms with Crippen LogP contribution in [-0.2, 0) is 6.54 Å². The van der Waals surface area contributed by atoms with Crippen LogP contribution in [0.3, 0.4) is 0 Å². The van der Waals surface area contributed by atoms with Crippen molar-refractivity contribution in [2.75, 3.05) is 13.1 Å². The van der Waals surface area contributed by atoms with Gasteiger partial charge in [0, 0.05) is 24.8 Å². The number of aromatic nitrogens is 1. The van der Waals surface area contributed by atoms with Gasteiger partial charge >= 0.3 is 6.18 Å². The zero-order chi connectivity index (χ0) is 13.9. The van der Waals surface area contributed by atoms with Gasteiger partial charge in [-0.1, -0.05) is 6.07 Å². The Hall–Kier alpha value is -2.00. The molecule has 0 atom stereocenters. The van der Waals surface area contributed by atoms with Gasteiger partial charge in [-0.15, -0.1) is 0 Å². The summed E-state index contributed by atoms with van der Waals surface area (Å²) in [5.74, 6) is 0. The van der Waals surface area contributed by atoms with Gasteiger partial charge in [-0.25, -0.2) is 0 Å². The molecule has 3 nitrogen and oxygen atoms in total. The minimum atomic E-state index is -4.19. The van der Waals surface area contributed by atoms with Gasteiger partial charge < -0.3 is 9.88 Å². The number of rotatable bonds is 4. The van der Waals surface area contributed by atoms with Crippen molar-refractivity contribution >= 4 is 10.9 Å².